The number of pyridine rings is 1. The quantitative estimate of drug-likeness (QED) is 0.690. The average molecular weight is 412 g/mol. The summed E-state index contributed by atoms with van der Waals surface area (Å²) in [6, 6.07) is 17.1. The minimum atomic E-state index is -0.886. The van der Waals surface area contributed by atoms with Gasteiger partial charge < -0.3 is 16.0 Å². The lowest BCUT2D eigenvalue weighted by atomic mass is 9.73. The predicted molar refractivity (Wildman–Crippen MR) is 114 cm³/mol. The van der Waals surface area contributed by atoms with Gasteiger partial charge in [0.05, 0.1) is 6.04 Å². The molecule has 0 aliphatic carbocycles. The van der Waals surface area contributed by atoms with E-state index in [4.69, 9.17) is 5.73 Å². The molecule has 3 heterocycles. The summed E-state index contributed by atoms with van der Waals surface area (Å²) in [6.45, 7) is 0.414. The second kappa shape index (κ2) is 7.05. The van der Waals surface area contributed by atoms with Crippen molar-refractivity contribution in [2.24, 2.45) is 5.73 Å². The second-order valence-electron chi connectivity index (χ2n) is 7.85. The minimum Gasteiger partial charge on any atom is -0.366 e. The molecule has 1 aromatic heterocycles. The Balaban J connectivity index is 1.61. The summed E-state index contributed by atoms with van der Waals surface area (Å²) < 4.78 is 0. The van der Waals surface area contributed by atoms with E-state index in [0.717, 1.165) is 16.8 Å². The number of nitrogens with one attached hydrogen (secondary N) is 1. The van der Waals surface area contributed by atoms with Crippen molar-refractivity contribution in [3.05, 3.63) is 95.3 Å². The first-order valence-electron chi connectivity index (χ1n) is 10.0. The van der Waals surface area contributed by atoms with Crippen molar-refractivity contribution in [1.29, 1.82) is 0 Å². The third kappa shape index (κ3) is 2.81. The Morgan fingerprint density at radius 1 is 1.03 bits per heavy atom. The third-order valence-corrected chi connectivity index (χ3v) is 6.26. The molecule has 0 radical (unpaired) electrons. The molecule has 2 unspecified atom stereocenters. The van der Waals surface area contributed by atoms with E-state index in [0.29, 0.717) is 24.1 Å². The molecule has 2 aliphatic heterocycles. The molecule has 2 aromatic carbocycles. The molecule has 7 nitrogen and oxygen atoms in total. The number of carbonyl (C=O) groups is 3. The lowest BCUT2D eigenvalue weighted by Crippen LogP contribution is -2.42. The first-order valence-corrected chi connectivity index (χ1v) is 10.0. The molecule has 2 aliphatic rings. The molecular formula is C24H20N4O3. The highest BCUT2D eigenvalue weighted by atomic mass is 16.2. The number of aromatic nitrogens is 1. The summed E-state index contributed by atoms with van der Waals surface area (Å²) in [6.07, 6.45) is 3.88. The highest BCUT2D eigenvalue weighted by Gasteiger charge is 2.59. The zero-order valence-corrected chi connectivity index (χ0v) is 16.6. The number of hydrogen-bond donors (Lipinski definition) is 2. The van der Waals surface area contributed by atoms with Gasteiger partial charge in [-0.15, -0.1) is 0 Å². The van der Waals surface area contributed by atoms with Crippen LogP contribution < -0.4 is 11.1 Å². The van der Waals surface area contributed by atoms with Crippen LogP contribution in [0.25, 0.3) is 0 Å². The lowest BCUT2D eigenvalue weighted by Gasteiger charge is -2.34. The number of nitrogens with two attached hydrogens (primary N) is 1. The normalized spacial score (nSPS) is 21.7. The number of carbonyl (C=O) groups excluding carboxylic acids is 3. The number of primary amides is 1. The highest BCUT2D eigenvalue weighted by Crippen LogP contribution is 2.54. The number of benzene rings is 2. The summed E-state index contributed by atoms with van der Waals surface area (Å²) in [5, 5.41) is 3.00. The minimum absolute atomic E-state index is 0.109. The zero-order valence-electron chi connectivity index (χ0n) is 16.6. The molecule has 3 amide bonds. The molecule has 7 heteroatoms. The Kier molecular flexibility index (Phi) is 4.32. The third-order valence-electron chi connectivity index (χ3n) is 6.26. The van der Waals surface area contributed by atoms with Gasteiger partial charge in [0.25, 0.3) is 5.91 Å². The Labute approximate surface area is 178 Å². The van der Waals surface area contributed by atoms with Gasteiger partial charge in [-0.3, -0.25) is 19.4 Å². The first-order chi connectivity index (χ1) is 15.0. The van der Waals surface area contributed by atoms with E-state index in [1.807, 2.05) is 36.4 Å². The summed E-state index contributed by atoms with van der Waals surface area (Å²) in [5.74, 6) is -0.868. The van der Waals surface area contributed by atoms with E-state index in [2.05, 4.69) is 10.3 Å². The van der Waals surface area contributed by atoms with Gasteiger partial charge in [0.15, 0.2) is 0 Å². The van der Waals surface area contributed by atoms with Crippen molar-refractivity contribution in [2.45, 2.75) is 17.9 Å². The maximum atomic E-state index is 13.5. The van der Waals surface area contributed by atoms with Crippen molar-refractivity contribution in [3.8, 4) is 0 Å². The van der Waals surface area contributed by atoms with Crippen LogP contribution in [0.15, 0.2) is 73.1 Å². The van der Waals surface area contributed by atoms with Crippen molar-refractivity contribution in [2.75, 3.05) is 11.9 Å². The van der Waals surface area contributed by atoms with E-state index in [1.54, 1.807) is 29.4 Å². The summed E-state index contributed by atoms with van der Waals surface area (Å²) in [5.41, 5.74) is 7.67. The number of nitrogens with zero attached hydrogens (tertiary/aromatic N) is 2. The number of para-hydroxylation sites is 1. The van der Waals surface area contributed by atoms with E-state index in [-0.39, 0.29) is 11.8 Å². The van der Waals surface area contributed by atoms with Gasteiger partial charge >= 0.3 is 0 Å². The second-order valence-corrected chi connectivity index (χ2v) is 7.85. The maximum absolute atomic E-state index is 13.5. The van der Waals surface area contributed by atoms with E-state index in [1.165, 1.54) is 12.1 Å². The molecule has 1 saturated heterocycles. The fourth-order valence-electron chi connectivity index (χ4n) is 4.85. The van der Waals surface area contributed by atoms with Crippen molar-refractivity contribution < 1.29 is 14.4 Å². The topological polar surface area (TPSA) is 105 Å². The highest BCUT2D eigenvalue weighted by molar-refractivity contribution is 6.08. The molecule has 3 N–H and O–H groups in total. The van der Waals surface area contributed by atoms with Crippen LogP contribution in [-0.4, -0.2) is 34.2 Å². The number of amides is 3. The lowest BCUT2D eigenvalue weighted by molar-refractivity contribution is -0.121. The van der Waals surface area contributed by atoms with Gasteiger partial charge in [0, 0.05) is 35.8 Å². The molecule has 0 saturated carbocycles. The Hall–Kier alpha value is -4.00. The maximum Gasteiger partial charge on any atom is 0.254 e. The number of likely N-dealkylation sites (tertiary alicyclic amines) is 1. The van der Waals surface area contributed by atoms with Crippen LogP contribution in [0, 0.1) is 0 Å². The van der Waals surface area contributed by atoms with Gasteiger partial charge in [0.1, 0.15) is 5.41 Å². The Morgan fingerprint density at radius 2 is 1.77 bits per heavy atom. The molecule has 31 heavy (non-hydrogen) atoms. The number of rotatable bonds is 3. The summed E-state index contributed by atoms with van der Waals surface area (Å²) in [7, 11) is 0. The molecule has 1 spiro atoms. The van der Waals surface area contributed by atoms with Crippen molar-refractivity contribution in [1.82, 2.24) is 9.88 Å². The van der Waals surface area contributed by atoms with Crippen LogP contribution >= 0.6 is 0 Å². The fourth-order valence-corrected chi connectivity index (χ4v) is 4.85. The zero-order chi connectivity index (χ0) is 21.6. The fraction of sp³-hybridized carbons (Fsp3) is 0.167. The van der Waals surface area contributed by atoms with Crippen LogP contribution in [0.1, 0.15) is 44.3 Å². The molecule has 154 valence electrons. The largest absolute Gasteiger partial charge is 0.366 e. The predicted octanol–water partition coefficient (Wildman–Crippen LogP) is 2.66. The van der Waals surface area contributed by atoms with Crippen LogP contribution in [0.3, 0.4) is 0 Å². The standard InChI is InChI=1S/C24H20N4O3/c25-21(29)15-7-9-16(10-8-15)22(30)28-13-11-24(20(28)17-4-3-12-26-14-17)18-5-1-2-6-19(18)27-23(24)31/h1-10,12,14,20H,11,13H2,(H2,25,29)(H,27,31). The molecule has 3 aromatic rings. The van der Waals surface area contributed by atoms with Gasteiger partial charge in [-0.05, 0) is 53.9 Å². The van der Waals surface area contributed by atoms with Crippen molar-refractivity contribution in [3.63, 3.8) is 0 Å². The Bertz CT molecular complexity index is 1190. The summed E-state index contributed by atoms with van der Waals surface area (Å²) >= 11 is 0. The molecular weight excluding hydrogens is 392 g/mol. The van der Waals surface area contributed by atoms with Crippen LogP contribution in [0.2, 0.25) is 0 Å². The number of hydrogen-bond acceptors (Lipinski definition) is 4. The van der Waals surface area contributed by atoms with Crippen molar-refractivity contribution >= 4 is 23.4 Å². The first kappa shape index (κ1) is 19.0. The SMILES string of the molecule is NC(=O)c1ccc(C(=O)N2CCC3(C(=O)Nc4ccccc43)C2c2cccnc2)cc1. The molecule has 2 atom stereocenters. The van der Waals surface area contributed by atoms with Crippen LogP contribution in [-0.2, 0) is 10.2 Å². The molecule has 1 fully saturated rings. The van der Waals surface area contributed by atoms with Gasteiger partial charge in [-0.2, -0.15) is 0 Å². The van der Waals surface area contributed by atoms with Gasteiger partial charge in [-0.1, -0.05) is 24.3 Å². The average Bonchev–Trinajstić information content (AvgIpc) is 3.33. The monoisotopic (exact) mass is 412 g/mol. The number of fused-ring (bicyclic) bond motifs is 2. The summed E-state index contributed by atoms with van der Waals surface area (Å²) in [4.78, 5) is 44.2. The van der Waals surface area contributed by atoms with Crippen LogP contribution in [0.4, 0.5) is 5.69 Å². The van der Waals surface area contributed by atoms with Crippen LogP contribution in [0.5, 0.6) is 0 Å². The van der Waals surface area contributed by atoms with E-state index < -0.39 is 17.4 Å². The van der Waals surface area contributed by atoms with Gasteiger partial charge in [0.2, 0.25) is 11.8 Å². The molecule has 5 rings (SSSR count). The Morgan fingerprint density at radius 3 is 2.48 bits per heavy atom. The van der Waals surface area contributed by atoms with E-state index >= 15 is 0 Å². The smallest absolute Gasteiger partial charge is 0.254 e. The molecule has 0 bridgehead atoms. The van der Waals surface area contributed by atoms with Gasteiger partial charge in [-0.25, -0.2) is 0 Å². The van der Waals surface area contributed by atoms with E-state index in [9.17, 15) is 14.4 Å². The number of anilines is 1.